The summed E-state index contributed by atoms with van der Waals surface area (Å²) < 4.78 is 7.39. The highest BCUT2D eigenvalue weighted by molar-refractivity contribution is 6.07. The van der Waals surface area contributed by atoms with Crippen LogP contribution in [0.5, 0.6) is 0 Å². The van der Waals surface area contributed by atoms with Crippen molar-refractivity contribution in [3.8, 4) is 0 Å². The van der Waals surface area contributed by atoms with Crippen LogP contribution in [0.2, 0.25) is 0 Å². The molecule has 0 aliphatic rings. The molecule has 7 nitrogen and oxygen atoms in total. The van der Waals surface area contributed by atoms with E-state index in [0.717, 1.165) is 35.3 Å². The Morgan fingerprint density at radius 1 is 1.03 bits per heavy atom. The minimum Gasteiger partial charge on any atom is -0.461 e. The molecule has 0 aliphatic carbocycles. The molecule has 0 fully saturated rings. The number of anilines is 1. The topological polar surface area (TPSA) is 89.2 Å². The molecule has 0 saturated carbocycles. The van der Waals surface area contributed by atoms with Gasteiger partial charge in [0.15, 0.2) is 0 Å². The zero-order valence-electron chi connectivity index (χ0n) is 17.5. The van der Waals surface area contributed by atoms with Crippen LogP contribution >= 0.6 is 0 Å². The molecule has 2 aromatic carbocycles. The van der Waals surface area contributed by atoms with Crippen LogP contribution in [-0.2, 0) is 6.54 Å². The van der Waals surface area contributed by atoms with Crippen molar-refractivity contribution in [2.75, 3.05) is 11.9 Å². The van der Waals surface area contributed by atoms with E-state index < -0.39 is 0 Å². The largest absolute Gasteiger partial charge is 0.461 e. The van der Waals surface area contributed by atoms with Crippen LogP contribution in [0.4, 0.5) is 5.69 Å². The predicted molar refractivity (Wildman–Crippen MR) is 119 cm³/mol. The van der Waals surface area contributed by atoms with Gasteiger partial charge in [-0.25, -0.2) is 0 Å². The number of furan rings is 1. The Morgan fingerprint density at radius 2 is 1.84 bits per heavy atom. The first-order valence-electron chi connectivity index (χ1n) is 10.2. The maximum Gasteiger partial charge on any atom is 0.255 e. The van der Waals surface area contributed by atoms with Crippen LogP contribution in [0.3, 0.4) is 0 Å². The lowest BCUT2D eigenvalue weighted by molar-refractivity contribution is 0.0951. The summed E-state index contributed by atoms with van der Waals surface area (Å²) in [7, 11) is 0. The Labute approximate surface area is 180 Å². The first-order chi connectivity index (χ1) is 15.0. The lowest BCUT2D eigenvalue weighted by atomic mass is 10.1. The first kappa shape index (κ1) is 20.4. The van der Waals surface area contributed by atoms with Gasteiger partial charge in [0.2, 0.25) is 0 Å². The summed E-state index contributed by atoms with van der Waals surface area (Å²) in [6, 6.07) is 14.4. The van der Waals surface area contributed by atoms with Crippen molar-refractivity contribution in [2.24, 2.45) is 0 Å². The van der Waals surface area contributed by atoms with Gasteiger partial charge in [-0.15, -0.1) is 0 Å². The third-order valence-electron chi connectivity index (χ3n) is 5.06. The Bertz CT molecular complexity index is 1230. The van der Waals surface area contributed by atoms with Crippen molar-refractivity contribution >= 4 is 28.5 Å². The van der Waals surface area contributed by atoms with Crippen LogP contribution in [0.1, 0.15) is 38.5 Å². The van der Waals surface area contributed by atoms with Crippen molar-refractivity contribution in [3.63, 3.8) is 0 Å². The summed E-state index contributed by atoms with van der Waals surface area (Å²) in [5.74, 6) is 0.388. The molecular weight excluding hydrogens is 392 g/mol. The molecule has 2 amide bonds. The zero-order chi connectivity index (χ0) is 21.8. The Morgan fingerprint density at radius 3 is 2.65 bits per heavy atom. The van der Waals surface area contributed by atoms with E-state index in [1.165, 1.54) is 0 Å². The molecule has 0 unspecified atom stereocenters. The molecule has 0 bridgehead atoms. The monoisotopic (exact) mass is 416 g/mol. The molecule has 4 rings (SSSR count). The number of rotatable bonds is 7. The van der Waals surface area contributed by atoms with Crippen molar-refractivity contribution in [1.82, 2.24) is 15.1 Å². The van der Waals surface area contributed by atoms with E-state index in [-0.39, 0.29) is 11.8 Å². The standard InChI is InChI=1S/C24H24N4O3/c1-16-5-6-19(23(29)25-9-3-11-28-12-4-10-26-28)15-21(16)27-24(30)18-7-8-22-20(14-18)13-17(2)31-22/h4-8,10,12-15H,3,9,11H2,1-2H3,(H,25,29)(H,27,30). The number of carbonyl (C=O) groups is 2. The van der Waals surface area contributed by atoms with E-state index in [9.17, 15) is 9.59 Å². The second kappa shape index (κ2) is 8.87. The van der Waals surface area contributed by atoms with Crippen molar-refractivity contribution in [2.45, 2.75) is 26.8 Å². The average molecular weight is 416 g/mol. The Hall–Kier alpha value is -3.87. The SMILES string of the molecule is Cc1cc2cc(C(=O)Nc3cc(C(=O)NCCCn4cccn4)ccc3C)ccc2o1. The number of aryl methyl sites for hydroxylation is 3. The average Bonchev–Trinajstić information content (AvgIpc) is 3.40. The lowest BCUT2D eigenvalue weighted by Crippen LogP contribution is -2.25. The molecule has 0 spiro atoms. The van der Waals surface area contributed by atoms with Gasteiger partial charge >= 0.3 is 0 Å². The number of carbonyl (C=O) groups excluding carboxylic acids is 2. The van der Waals surface area contributed by atoms with E-state index in [4.69, 9.17) is 4.42 Å². The highest BCUT2D eigenvalue weighted by atomic mass is 16.3. The van der Waals surface area contributed by atoms with Gasteiger partial charge in [0.25, 0.3) is 11.8 Å². The molecule has 2 N–H and O–H groups in total. The summed E-state index contributed by atoms with van der Waals surface area (Å²) in [5, 5.41) is 10.9. The minimum atomic E-state index is -0.236. The molecule has 0 aliphatic heterocycles. The molecule has 4 aromatic rings. The number of hydrogen-bond donors (Lipinski definition) is 2. The quantitative estimate of drug-likeness (QED) is 0.439. The number of benzene rings is 2. The van der Waals surface area contributed by atoms with Crippen LogP contribution in [0, 0.1) is 13.8 Å². The number of nitrogens with zero attached hydrogens (tertiary/aromatic N) is 2. The highest BCUT2D eigenvalue weighted by Crippen LogP contribution is 2.22. The second-order valence-corrected chi connectivity index (χ2v) is 7.47. The van der Waals surface area contributed by atoms with Crippen molar-refractivity contribution in [1.29, 1.82) is 0 Å². The summed E-state index contributed by atoms with van der Waals surface area (Å²) >= 11 is 0. The number of nitrogens with one attached hydrogen (secondary N) is 2. The van der Waals surface area contributed by atoms with Crippen LogP contribution in [0.25, 0.3) is 11.0 Å². The number of hydrogen-bond acceptors (Lipinski definition) is 4. The van der Waals surface area contributed by atoms with Gasteiger partial charge in [-0.05, 0) is 68.3 Å². The Kier molecular flexibility index (Phi) is 5.84. The van der Waals surface area contributed by atoms with Crippen LogP contribution in [-0.4, -0.2) is 28.1 Å². The molecular formula is C24H24N4O3. The van der Waals surface area contributed by atoms with Crippen molar-refractivity contribution in [3.05, 3.63) is 83.4 Å². The molecule has 0 atom stereocenters. The minimum absolute atomic E-state index is 0.175. The molecule has 2 heterocycles. The first-order valence-corrected chi connectivity index (χ1v) is 10.2. The van der Waals surface area contributed by atoms with Gasteiger partial charge in [-0.2, -0.15) is 5.10 Å². The van der Waals surface area contributed by atoms with Gasteiger partial charge in [0.1, 0.15) is 11.3 Å². The van der Waals surface area contributed by atoms with Crippen LogP contribution < -0.4 is 10.6 Å². The Balaban J connectivity index is 1.40. The summed E-state index contributed by atoms with van der Waals surface area (Å²) in [6.07, 6.45) is 4.40. The van der Waals surface area contributed by atoms with Gasteiger partial charge in [-0.1, -0.05) is 6.07 Å². The summed E-state index contributed by atoms with van der Waals surface area (Å²) in [4.78, 5) is 25.3. The number of amides is 2. The predicted octanol–water partition coefficient (Wildman–Crippen LogP) is 4.32. The highest BCUT2D eigenvalue weighted by Gasteiger charge is 2.13. The van der Waals surface area contributed by atoms with E-state index in [2.05, 4.69) is 15.7 Å². The van der Waals surface area contributed by atoms with Crippen molar-refractivity contribution < 1.29 is 14.0 Å². The normalized spacial score (nSPS) is 10.9. The van der Waals surface area contributed by atoms with Gasteiger partial charge in [-0.3, -0.25) is 14.3 Å². The third kappa shape index (κ3) is 4.83. The maximum absolute atomic E-state index is 12.8. The van der Waals surface area contributed by atoms with Crippen LogP contribution in [0.15, 0.2) is 65.3 Å². The summed E-state index contributed by atoms with van der Waals surface area (Å²) in [5.41, 5.74) is 3.26. The second-order valence-electron chi connectivity index (χ2n) is 7.47. The molecule has 0 saturated heterocycles. The summed E-state index contributed by atoms with van der Waals surface area (Å²) in [6.45, 7) is 5.04. The van der Waals surface area contributed by atoms with E-state index in [1.54, 1.807) is 36.5 Å². The molecule has 2 aromatic heterocycles. The third-order valence-corrected chi connectivity index (χ3v) is 5.06. The fraction of sp³-hybridized carbons (Fsp3) is 0.208. The number of fused-ring (bicyclic) bond motifs is 1. The molecule has 31 heavy (non-hydrogen) atoms. The lowest BCUT2D eigenvalue weighted by Gasteiger charge is -2.11. The van der Waals surface area contributed by atoms with Gasteiger partial charge in [0.05, 0.1) is 0 Å². The molecule has 0 radical (unpaired) electrons. The van der Waals surface area contributed by atoms with Gasteiger partial charge in [0, 0.05) is 47.7 Å². The fourth-order valence-electron chi connectivity index (χ4n) is 3.39. The van der Waals surface area contributed by atoms with E-state index >= 15 is 0 Å². The molecule has 7 heteroatoms. The molecule has 158 valence electrons. The number of aromatic nitrogens is 2. The fourth-order valence-corrected chi connectivity index (χ4v) is 3.39. The van der Waals surface area contributed by atoms with E-state index in [0.29, 0.717) is 23.4 Å². The van der Waals surface area contributed by atoms with Gasteiger partial charge < -0.3 is 15.1 Å². The smallest absolute Gasteiger partial charge is 0.255 e. The van der Waals surface area contributed by atoms with E-state index in [1.807, 2.05) is 42.9 Å². The maximum atomic E-state index is 12.8. The zero-order valence-corrected chi connectivity index (χ0v) is 17.5.